The maximum atomic E-state index is 13.2. The lowest BCUT2D eigenvalue weighted by Crippen LogP contribution is -2.48. The number of nitriles is 1. The number of hydrogen-bond acceptors (Lipinski definition) is 6. The molecule has 1 unspecified atom stereocenters. The lowest BCUT2D eigenvalue weighted by Gasteiger charge is -2.29. The third kappa shape index (κ3) is 6.81. The number of nitrogens with zero attached hydrogens (tertiary/aromatic N) is 2. The van der Waals surface area contributed by atoms with Gasteiger partial charge in [0, 0.05) is 19.5 Å². The molecule has 184 valence electrons. The van der Waals surface area contributed by atoms with E-state index in [1.165, 1.54) is 11.1 Å². The standard InChI is InChI=1S/C27H31N3O5/c28-17-23(19-34-18-20-6-2-1-3-7-20)29-26(31)25(35-27(32)30-12-14-33-15-13-30)16-22-11-10-21-8-4-5-9-24(21)22/h1-9,22-23,25H,10-16,18-19H2,(H,29,31)/t22?,23-,25+/m1/s1. The van der Waals surface area contributed by atoms with Gasteiger partial charge in [0.15, 0.2) is 6.10 Å². The van der Waals surface area contributed by atoms with Gasteiger partial charge in [-0.15, -0.1) is 0 Å². The van der Waals surface area contributed by atoms with Crippen molar-refractivity contribution >= 4 is 12.0 Å². The highest BCUT2D eigenvalue weighted by atomic mass is 16.6. The van der Waals surface area contributed by atoms with Crippen LogP contribution in [-0.2, 0) is 32.0 Å². The normalized spacial score (nSPS) is 18.7. The predicted octanol–water partition coefficient (Wildman–Crippen LogP) is 3.17. The molecule has 1 N–H and O–H groups in total. The Bertz CT molecular complexity index is 1030. The topological polar surface area (TPSA) is 101 Å². The number of amides is 2. The Hall–Kier alpha value is -3.41. The number of benzene rings is 2. The summed E-state index contributed by atoms with van der Waals surface area (Å²) in [5.74, 6) is -0.375. The lowest BCUT2D eigenvalue weighted by atomic mass is 9.94. The predicted molar refractivity (Wildman–Crippen MR) is 128 cm³/mol. The van der Waals surface area contributed by atoms with Crippen LogP contribution in [0.3, 0.4) is 0 Å². The van der Waals surface area contributed by atoms with Gasteiger partial charge in [-0.05, 0) is 35.4 Å². The molecule has 1 fully saturated rings. The van der Waals surface area contributed by atoms with Crippen LogP contribution in [0.2, 0.25) is 0 Å². The van der Waals surface area contributed by atoms with E-state index in [1.807, 2.05) is 42.5 Å². The Morgan fingerprint density at radius 2 is 1.86 bits per heavy atom. The van der Waals surface area contributed by atoms with Gasteiger partial charge in [-0.3, -0.25) is 4.79 Å². The van der Waals surface area contributed by atoms with Crippen molar-refractivity contribution in [3.05, 3.63) is 71.3 Å². The second-order valence-corrected chi connectivity index (χ2v) is 8.83. The first-order valence-electron chi connectivity index (χ1n) is 12.1. The second kappa shape index (κ2) is 12.3. The van der Waals surface area contributed by atoms with Crippen LogP contribution in [0.1, 0.15) is 35.4 Å². The maximum absolute atomic E-state index is 13.2. The Balaban J connectivity index is 1.39. The van der Waals surface area contributed by atoms with Crippen molar-refractivity contribution in [1.29, 1.82) is 5.26 Å². The largest absolute Gasteiger partial charge is 0.436 e. The van der Waals surface area contributed by atoms with Gasteiger partial charge in [0.1, 0.15) is 6.04 Å². The van der Waals surface area contributed by atoms with E-state index < -0.39 is 24.1 Å². The summed E-state index contributed by atoms with van der Waals surface area (Å²) >= 11 is 0. The van der Waals surface area contributed by atoms with E-state index in [4.69, 9.17) is 14.2 Å². The van der Waals surface area contributed by atoms with Crippen LogP contribution in [-0.4, -0.2) is 62.0 Å². The number of nitrogens with one attached hydrogen (secondary N) is 1. The molecular formula is C27H31N3O5. The second-order valence-electron chi connectivity index (χ2n) is 8.83. The molecule has 1 aliphatic carbocycles. The molecule has 0 aromatic heterocycles. The van der Waals surface area contributed by atoms with Gasteiger partial charge in [-0.1, -0.05) is 54.6 Å². The first-order valence-corrected chi connectivity index (χ1v) is 12.1. The van der Waals surface area contributed by atoms with Crippen LogP contribution >= 0.6 is 0 Å². The van der Waals surface area contributed by atoms with Crippen LogP contribution < -0.4 is 5.32 Å². The van der Waals surface area contributed by atoms with Crippen molar-refractivity contribution in [2.45, 2.75) is 43.9 Å². The van der Waals surface area contributed by atoms with Crippen molar-refractivity contribution in [3.8, 4) is 6.07 Å². The molecule has 2 aromatic carbocycles. The van der Waals surface area contributed by atoms with E-state index in [2.05, 4.69) is 23.5 Å². The Labute approximate surface area is 205 Å². The van der Waals surface area contributed by atoms with Gasteiger partial charge >= 0.3 is 6.09 Å². The molecule has 0 radical (unpaired) electrons. The fourth-order valence-electron chi connectivity index (χ4n) is 4.54. The van der Waals surface area contributed by atoms with Gasteiger partial charge in [-0.25, -0.2) is 4.79 Å². The molecule has 2 aliphatic rings. The smallest absolute Gasteiger partial charge is 0.410 e. The summed E-state index contributed by atoms with van der Waals surface area (Å²) < 4.78 is 16.7. The van der Waals surface area contributed by atoms with Crippen molar-refractivity contribution < 1.29 is 23.8 Å². The molecule has 0 spiro atoms. The number of morpholine rings is 1. The van der Waals surface area contributed by atoms with Crippen LogP contribution in [0.15, 0.2) is 54.6 Å². The summed E-state index contributed by atoms with van der Waals surface area (Å²) in [6.45, 7) is 2.10. The van der Waals surface area contributed by atoms with Crippen LogP contribution in [0.25, 0.3) is 0 Å². The SMILES string of the molecule is N#C[C@H](COCc1ccccc1)NC(=O)[C@H](CC1CCc2ccccc21)OC(=O)N1CCOCC1. The molecule has 4 rings (SSSR count). The fourth-order valence-corrected chi connectivity index (χ4v) is 4.54. The maximum Gasteiger partial charge on any atom is 0.410 e. The molecule has 0 saturated carbocycles. The third-order valence-corrected chi connectivity index (χ3v) is 6.43. The summed E-state index contributed by atoms with van der Waals surface area (Å²) in [6.07, 6.45) is 0.642. The van der Waals surface area contributed by atoms with Crippen LogP contribution in [0, 0.1) is 11.3 Å². The van der Waals surface area contributed by atoms with E-state index in [0.29, 0.717) is 39.3 Å². The molecule has 8 heteroatoms. The quantitative estimate of drug-likeness (QED) is 0.595. The van der Waals surface area contributed by atoms with E-state index in [9.17, 15) is 14.9 Å². The molecule has 1 aliphatic heterocycles. The van der Waals surface area contributed by atoms with Gasteiger partial charge in [0.25, 0.3) is 5.91 Å². The first-order chi connectivity index (χ1) is 17.1. The zero-order chi connectivity index (χ0) is 24.5. The molecule has 2 amide bonds. The molecule has 1 saturated heterocycles. The third-order valence-electron chi connectivity index (χ3n) is 6.43. The minimum Gasteiger partial charge on any atom is -0.436 e. The fraction of sp³-hybridized carbons (Fsp3) is 0.444. The van der Waals surface area contributed by atoms with E-state index in [0.717, 1.165) is 18.4 Å². The van der Waals surface area contributed by atoms with Crippen molar-refractivity contribution in [2.24, 2.45) is 0 Å². The first kappa shape index (κ1) is 24.7. The van der Waals surface area contributed by atoms with Gasteiger partial charge in [0.05, 0.1) is 32.5 Å². The highest BCUT2D eigenvalue weighted by molar-refractivity contribution is 5.84. The highest BCUT2D eigenvalue weighted by Gasteiger charge is 2.33. The Kier molecular flexibility index (Phi) is 8.71. The Morgan fingerprint density at radius 1 is 1.11 bits per heavy atom. The van der Waals surface area contributed by atoms with E-state index in [1.54, 1.807) is 4.90 Å². The number of fused-ring (bicyclic) bond motifs is 1. The number of carbonyl (C=O) groups excluding carboxylic acids is 2. The highest BCUT2D eigenvalue weighted by Crippen LogP contribution is 2.36. The average Bonchev–Trinajstić information content (AvgIpc) is 3.31. The minimum absolute atomic E-state index is 0.0352. The number of carbonyl (C=O) groups is 2. The molecule has 8 nitrogen and oxygen atoms in total. The number of ether oxygens (including phenoxy) is 3. The summed E-state index contributed by atoms with van der Waals surface area (Å²) in [5.41, 5.74) is 3.43. The minimum atomic E-state index is -1.01. The van der Waals surface area contributed by atoms with Crippen molar-refractivity contribution in [1.82, 2.24) is 10.2 Å². The molecular weight excluding hydrogens is 446 g/mol. The van der Waals surface area contributed by atoms with Gasteiger partial charge < -0.3 is 24.4 Å². The number of rotatable bonds is 9. The van der Waals surface area contributed by atoms with Crippen molar-refractivity contribution in [3.63, 3.8) is 0 Å². The molecule has 35 heavy (non-hydrogen) atoms. The zero-order valence-electron chi connectivity index (χ0n) is 19.7. The molecule has 3 atom stereocenters. The molecule has 2 aromatic rings. The number of aryl methyl sites for hydroxylation is 1. The Morgan fingerprint density at radius 3 is 2.63 bits per heavy atom. The van der Waals surface area contributed by atoms with E-state index >= 15 is 0 Å². The lowest BCUT2D eigenvalue weighted by molar-refractivity contribution is -0.131. The van der Waals surface area contributed by atoms with Crippen LogP contribution in [0.5, 0.6) is 0 Å². The van der Waals surface area contributed by atoms with E-state index in [-0.39, 0.29) is 12.5 Å². The molecule has 1 heterocycles. The van der Waals surface area contributed by atoms with Gasteiger partial charge in [-0.2, -0.15) is 5.26 Å². The monoisotopic (exact) mass is 477 g/mol. The summed E-state index contributed by atoms with van der Waals surface area (Å²) in [6, 6.07) is 19.0. The molecule has 0 bridgehead atoms. The van der Waals surface area contributed by atoms with Crippen LogP contribution in [0.4, 0.5) is 4.79 Å². The summed E-state index contributed by atoms with van der Waals surface area (Å²) in [5, 5.41) is 12.3. The zero-order valence-corrected chi connectivity index (χ0v) is 19.7. The average molecular weight is 478 g/mol. The van der Waals surface area contributed by atoms with Crippen molar-refractivity contribution in [2.75, 3.05) is 32.9 Å². The summed E-state index contributed by atoms with van der Waals surface area (Å²) in [7, 11) is 0. The summed E-state index contributed by atoms with van der Waals surface area (Å²) in [4.78, 5) is 27.6. The number of hydrogen-bond donors (Lipinski definition) is 1. The van der Waals surface area contributed by atoms with Gasteiger partial charge in [0.2, 0.25) is 0 Å².